The normalized spacial score (nSPS) is 17.4. The zero-order chi connectivity index (χ0) is 18.5. The molecule has 0 aromatic heterocycles. The van der Waals surface area contributed by atoms with Crippen molar-refractivity contribution in [3.63, 3.8) is 0 Å². The van der Waals surface area contributed by atoms with Gasteiger partial charge in [-0.3, -0.25) is 4.79 Å². The molecule has 2 aromatic carbocycles. The second-order valence-electron chi connectivity index (χ2n) is 7.65. The molecule has 0 radical (unpaired) electrons. The first-order chi connectivity index (χ1) is 13.3. The molecule has 1 amide bonds. The maximum Gasteiger partial charge on any atom is 0.251 e. The Morgan fingerprint density at radius 2 is 1.74 bits per heavy atom. The SMILES string of the molecule is O=C(NC1CCN(CCCC2=CCc3ccccc32)CC1)c1ccccc1. The fourth-order valence-corrected chi connectivity index (χ4v) is 4.24. The minimum Gasteiger partial charge on any atom is -0.349 e. The standard InChI is InChI=1S/C24H28N2O/c27-24(21-8-2-1-3-9-21)25-22-14-17-26(18-15-22)16-6-10-20-13-12-19-7-4-5-11-23(19)20/h1-5,7-9,11,13,22H,6,10,12,14-18H2,(H,25,27). The highest BCUT2D eigenvalue weighted by Gasteiger charge is 2.21. The Hall–Kier alpha value is -2.39. The first-order valence-electron chi connectivity index (χ1n) is 10.2. The molecule has 27 heavy (non-hydrogen) atoms. The van der Waals surface area contributed by atoms with E-state index in [0.29, 0.717) is 6.04 Å². The lowest BCUT2D eigenvalue weighted by atomic mass is 10.0. The van der Waals surface area contributed by atoms with Crippen molar-refractivity contribution in [2.45, 2.75) is 38.1 Å². The minimum absolute atomic E-state index is 0.0564. The number of carbonyl (C=O) groups is 1. The second kappa shape index (κ2) is 8.53. The van der Waals surface area contributed by atoms with Gasteiger partial charge in [0.1, 0.15) is 0 Å². The zero-order valence-corrected chi connectivity index (χ0v) is 15.9. The minimum atomic E-state index is 0.0564. The van der Waals surface area contributed by atoms with E-state index in [9.17, 15) is 4.79 Å². The number of nitrogens with zero attached hydrogens (tertiary/aromatic N) is 1. The molecule has 3 heteroatoms. The smallest absolute Gasteiger partial charge is 0.251 e. The summed E-state index contributed by atoms with van der Waals surface area (Å²) in [6.07, 6.45) is 7.96. The van der Waals surface area contributed by atoms with Gasteiger partial charge < -0.3 is 10.2 Å². The summed E-state index contributed by atoms with van der Waals surface area (Å²) >= 11 is 0. The summed E-state index contributed by atoms with van der Waals surface area (Å²) in [5, 5.41) is 3.19. The number of piperidine rings is 1. The van der Waals surface area contributed by atoms with Crippen LogP contribution in [-0.4, -0.2) is 36.5 Å². The van der Waals surface area contributed by atoms with Crippen LogP contribution in [0, 0.1) is 0 Å². The lowest BCUT2D eigenvalue weighted by Crippen LogP contribution is -2.44. The Kier molecular flexibility index (Phi) is 5.69. The Labute approximate surface area is 162 Å². The van der Waals surface area contributed by atoms with Crippen molar-refractivity contribution >= 4 is 11.5 Å². The molecule has 1 heterocycles. The van der Waals surface area contributed by atoms with Gasteiger partial charge in [-0.1, -0.05) is 48.5 Å². The van der Waals surface area contributed by atoms with Gasteiger partial charge in [-0.2, -0.15) is 0 Å². The summed E-state index contributed by atoms with van der Waals surface area (Å²) in [5.74, 6) is 0.0564. The molecular formula is C24H28N2O. The summed E-state index contributed by atoms with van der Waals surface area (Å²) in [4.78, 5) is 14.8. The predicted octanol–water partition coefficient (Wildman–Crippen LogP) is 4.30. The van der Waals surface area contributed by atoms with Gasteiger partial charge in [0.25, 0.3) is 5.91 Å². The van der Waals surface area contributed by atoms with E-state index in [1.807, 2.05) is 30.3 Å². The van der Waals surface area contributed by atoms with E-state index in [4.69, 9.17) is 0 Å². The highest BCUT2D eigenvalue weighted by atomic mass is 16.1. The van der Waals surface area contributed by atoms with Crippen LogP contribution in [0.1, 0.15) is 47.2 Å². The number of carbonyl (C=O) groups excluding carboxylic acids is 1. The Balaban J connectivity index is 1.18. The number of fused-ring (bicyclic) bond motifs is 1. The fourth-order valence-electron chi connectivity index (χ4n) is 4.24. The molecule has 1 aliphatic carbocycles. The Morgan fingerprint density at radius 1 is 1.00 bits per heavy atom. The molecule has 4 rings (SSSR count). The van der Waals surface area contributed by atoms with Crippen LogP contribution in [0.5, 0.6) is 0 Å². The van der Waals surface area contributed by atoms with E-state index in [1.54, 1.807) is 0 Å². The molecule has 0 atom stereocenters. The lowest BCUT2D eigenvalue weighted by Gasteiger charge is -2.32. The number of allylic oxidation sites excluding steroid dienone is 2. The van der Waals surface area contributed by atoms with Crippen LogP contribution in [0.2, 0.25) is 0 Å². The quantitative estimate of drug-likeness (QED) is 0.833. The lowest BCUT2D eigenvalue weighted by molar-refractivity contribution is 0.0911. The van der Waals surface area contributed by atoms with Crippen LogP contribution >= 0.6 is 0 Å². The number of amides is 1. The van der Waals surface area contributed by atoms with Crippen molar-refractivity contribution in [3.05, 3.63) is 77.4 Å². The second-order valence-corrected chi connectivity index (χ2v) is 7.65. The van der Waals surface area contributed by atoms with Crippen molar-refractivity contribution in [1.29, 1.82) is 0 Å². The van der Waals surface area contributed by atoms with E-state index in [0.717, 1.165) is 44.5 Å². The average molecular weight is 361 g/mol. The first kappa shape index (κ1) is 18.0. The monoisotopic (exact) mass is 360 g/mol. The maximum absolute atomic E-state index is 12.3. The topological polar surface area (TPSA) is 32.3 Å². The molecule has 0 spiro atoms. The predicted molar refractivity (Wildman–Crippen MR) is 111 cm³/mol. The third-order valence-corrected chi connectivity index (χ3v) is 5.81. The Morgan fingerprint density at radius 3 is 2.56 bits per heavy atom. The van der Waals surface area contributed by atoms with Gasteiger partial charge in [0, 0.05) is 24.7 Å². The summed E-state index contributed by atoms with van der Waals surface area (Å²) in [6.45, 7) is 3.31. The molecule has 0 saturated carbocycles. The first-order valence-corrected chi connectivity index (χ1v) is 10.2. The summed E-state index contributed by atoms with van der Waals surface area (Å²) < 4.78 is 0. The van der Waals surface area contributed by atoms with Crippen molar-refractivity contribution in [2.75, 3.05) is 19.6 Å². The van der Waals surface area contributed by atoms with Crippen molar-refractivity contribution in [2.24, 2.45) is 0 Å². The molecule has 1 fully saturated rings. The Bertz CT molecular complexity index is 804. The number of likely N-dealkylation sites (tertiary alicyclic amines) is 1. The highest BCUT2D eigenvalue weighted by molar-refractivity contribution is 5.94. The van der Waals surface area contributed by atoms with Gasteiger partial charge >= 0.3 is 0 Å². The molecule has 3 nitrogen and oxygen atoms in total. The van der Waals surface area contributed by atoms with Crippen LogP contribution in [0.15, 0.2) is 60.7 Å². The van der Waals surface area contributed by atoms with Crippen LogP contribution in [0.4, 0.5) is 0 Å². The fraction of sp³-hybridized carbons (Fsp3) is 0.375. The van der Waals surface area contributed by atoms with E-state index in [2.05, 4.69) is 40.6 Å². The summed E-state index contributed by atoms with van der Waals surface area (Å²) in [7, 11) is 0. The number of hydrogen-bond acceptors (Lipinski definition) is 2. The van der Waals surface area contributed by atoms with Gasteiger partial charge in [0.2, 0.25) is 0 Å². The summed E-state index contributed by atoms with van der Waals surface area (Å²) in [6, 6.07) is 18.6. The average Bonchev–Trinajstić information content (AvgIpc) is 3.13. The largest absolute Gasteiger partial charge is 0.349 e. The number of hydrogen-bond donors (Lipinski definition) is 1. The summed E-state index contributed by atoms with van der Waals surface area (Å²) in [5.41, 5.74) is 5.21. The van der Waals surface area contributed by atoms with Gasteiger partial charge in [-0.15, -0.1) is 0 Å². The van der Waals surface area contributed by atoms with E-state index in [-0.39, 0.29) is 5.91 Å². The number of nitrogens with one attached hydrogen (secondary N) is 1. The van der Waals surface area contributed by atoms with Gasteiger partial charge in [-0.05, 0) is 67.5 Å². The van der Waals surface area contributed by atoms with E-state index < -0.39 is 0 Å². The van der Waals surface area contributed by atoms with Crippen LogP contribution in [-0.2, 0) is 6.42 Å². The molecule has 2 aromatic rings. The number of rotatable bonds is 6. The van der Waals surface area contributed by atoms with Crippen LogP contribution in [0.3, 0.4) is 0 Å². The maximum atomic E-state index is 12.3. The van der Waals surface area contributed by atoms with E-state index >= 15 is 0 Å². The van der Waals surface area contributed by atoms with Crippen LogP contribution < -0.4 is 5.32 Å². The molecule has 1 saturated heterocycles. The van der Waals surface area contributed by atoms with Crippen LogP contribution in [0.25, 0.3) is 5.57 Å². The molecule has 0 unspecified atom stereocenters. The van der Waals surface area contributed by atoms with Crippen molar-refractivity contribution in [1.82, 2.24) is 10.2 Å². The molecule has 0 bridgehead atoms. The highest BCUT2D eigenvalue weighted by Crippen LogP contribution is 2.30. The number of benzene rings is 2. The van der Waals surface area contributed by atoms with Crippen molar-refractivity contribution in [3.8, 4) is 0 Å². The molecule has 1 aliphatic heterocycles. The zero-order valence-electron chi connectivity index (χ0n) is 15.9. The van der Waals surface area contributed by atoms with Gasteiger partial charge in [0.05, 0.1) is 0 Å². The third kappa shape index (κ3) is 4.48. The van der Waals surface area contributed by atoms with Gasteiger partial charge in [-0.25, -0.2) is 0 Å². The van der Waals surface area contributed by atoms with Gasteiger partial charge in [0.15, 0.2) is 0 Å². The molecule has 140 valence electrons. The molecule has 1 N–H and O–H groups in total. The van der Waals surface area contributed by atoms with Crippen molar-refractivity contribution < 1.29 is 4.79 Å². The third-order valence-electron chi connectivity index (χ3n) is 5.81. The molecule has 2 aliphatic rings. The van der Waals surface area contributed by atoms with E-state index in [1.165, 1.54) is 29.5 Å². The molecular weight excluding hydrogens is 332 g/mol.